The number of hydrogen-bond acceptors (Lipinski definition) is 2. The maximum atomic E-state index is 12.2. The summed E-state index contributed by atoms with van der Waals surface area (Å²) in [6.45, 7) is 2.55. The third kappa shape index (κ3) is 4.15. The van der Waals surface area contributed by atoms with Crippen molar-refractivity contribution >= 4 is 34.8 Å². The highest BCUT2D eigenvalue weighted by molar-refractivity contribution is 6.35. The van der Waals surface area contributed by atoms with Crippen molar-refractivity contribution in [3.63, 3.8) is 0 Å². The van der Waals surface area contributed by atoms with Crippen LogP contribution in [0.15, 0.2) is 18.2 Å². The average Bonchev–Trinajstić information content (AvgIpc) is 2.45. The Balaban J connectivity index is 1.53. The van der Waals surface area contributed by atoms with Crippen molar-refractivity contribution in [2.75, 3.05) is 25.0 Å². The normalized spacial score (nSPS) is 25.5. The molecule has 0 spiro atoms. The fourth-order valence-corrected chi connectivity index (χ4v) is 4.38. The van der Waals surface area contributed by atoms with Crippen LogP contribution in [-0.4, -0.2) is 30.4 Å². The van der Waals surface area contributed by atoms with Gasteiger partial charge in [0.15, 0.2) is 0 Å². The Kier molecular flexibility index (Phi) is 5.27. The zero-order valence-electron chi connectivity index (χ0n) is 12.7. The molecule has 0 aromatic heterocycles. The lowest BCUT2D eigenvalue weighted by molar-refractivity contribution is -0.118. The number of carbonyl (C=O) groups is 1. The quantitative estimate of drug-likeness (QED) is 0.881. The molecule has 1 aliphatic carbocycles. The molecule has 1 aliphatic heterocycles. The Morgan fingerprint density at radius 1 is 1.09 bits per heavy atom. The summed E-state index contributed by atoms with van der Waals surface area (Å²) in [5, 5.41) is 3.96. The second-order valence-electron chi connectivity index (χ2n) is 6.53. The number of carbonyl (C=O) groups excluding carboxylic acids is 1. The van der Waals surface area contributed by atoms with Gasteiger partial charge < -0.3 is 5.32 Å². The summed E-state index contributed by atoms with van der Waals surface area (Å²) >= 11 is 11.9. The molecule has 3 nitrogen and oxygen atoms in total. The van der Waals surface area contributed by atoms with Crippen molar-refractivity contribution in [2.24, 2.45) is 11.8 Å². The molecule has 0 radical (unpaired) electrons. The van der Waals surface area contributed by atoms with Gasteiger partial charge in [0, 0.05) is 22.3 Å². The van der Waals surface area contributed by atoms with E-state index >= 15 is 0 Å². The van der Waals surface area contributed by atoms with Crippen LogP contribution >= 0.6 is 23.2 Å². The highest BCUT2D eigenvalue weighted by atomic mass is 35.5. The van der Waals surface area contributed by atoms with Crippen molar-refractivity contribution in [1.82, 2.24) is 4.90 Å². The molecule has 2 fully saturated rings. The van der Waals surface area contributed by atoms with E-state index in [0.29, 0.717) is 22.3 Å². The van der Waals surface area contributed by atoms with Crippen LogP contribution in [0.5, 0.6) is 0 Å². The van der Waals surface area contributed by atoms with Crippen LogP contribution in [0.2, 0.25) is 10.0 Å². The standard InChI is InChI=1S/C17H22Cl2N2O/c18-14-7-15(19)9-16(8-14)20-17(22)11-21-6-5-12-3-1-2-4-13(12)10-21/h7-9,12-13H,1-6,10-11H2,(H,20,22)/t12-,13+/m0/s1. The van der Waals surface area contributed by atoms with Crippen LogP contribution in [0.25, 0.3) is 0 Å². The van der Waals surface area contributed by atoms with E-state index in [2.05, 4.69) is 10.2 Å². The number of anilines is 1. The molecule has 120 valence electrons. The predicted octanol–water partition coefficient (Wildman–Crippen LogP) is 4.44. The Hall–Kier alpha value is -0.770. The number of fused-ring (bicyclic) bond motifs is 1. The van der Waals surface area contributed by atoms with Gasteiger partial charge in [0.25, 0.3) is 0 Å². The fourth-order valence-electron chi connectivity index (χ4n) is 3.85. The van der Waals surface area contributed by atoms with E-state index in [0.717, 1.165) is 24.9 Å². The first-order valence-corrected chi connectivity index (χ1v) is 8.84. The number of nitrogens with zero attached hydrogens (tertiary/aromatic N) is 1. The topological polar surface area (TPSA) is 32.3 Å². The minimum absolute atomic E-state index is 0.00703. The van der Waals surface area contributed by atoms with Crippen molar-refractivity contribution in [2.45, 2.75) is 32.1 Å². The first kappa shape index (κ1) is 16.1. The molecular formula is C17H22Cl2N2O. The lowest BCUT2D eigenvalue weighted by atomic mass is 9.75. The average molecular weight is 341 g/mol. The van der Waals surface area contributed by atoms with Crippen molar-refractivity contribution in [1.29, 1.82) is 0 Å². The molecule has 1 aromatic carbocycles. The molecule has 1 amide bonds. The highest BCUT2D eigenvalue weighted by Crippen LogP contribution is 2.35. The SMILES string of the molecule is O=C(CN1CC[C@@H]2CCCC[C@@H]2C1)Nc1cc(Cl)cc(Cl)c1. The number of likely N-dealkylation sites (tertiary alicyclic amines) is 1. The Labute approximate surface area is 142 Å². The zero-order valence-corrected chi connectivity index (χ0v) is 14.2. The summed E-state index contributed by atoms with van der Waals surface area (Å²) < 4.78 is 0. The molecular weight excluding hydrogens is 319 g/mol. The van der Waals surface area contributed by atoms with Gasteiger partial charge >= 0.3 is 0 Å². The molecule has 0 bridgehead atoms. The van der Waals surface area contributed by atoms with E-state index in [1.54, 1.807) is 18.2 Å². The van der Waals surface area contributed by atoms with Gasteiger partial charge in [0.2, 0.25) is 5.91 Å². The van der Waals surface area contributed by atoms with Gasteiger partial charge in [-0.1, -0.05) is 42.5 Å². The molecule has 2 atom stereocenters. The van der Waals surface area contributed by atoms with Crippen molar-refractivity contribution < 1.29 is 4.79 Å². The maximum absolute atomic E-state index is 12.2. The van der Waals surface area contributed by atoms with Gasteiger partial charge in [-0.2, -0.15) is 0 Å². The molecule has 1 aromatic rings. The first-order chi connectivity index (χ1) is 10.6. The van der Waals surface area contributed by atoms with Crippen LogP contribution in [0.3, 0.4) is 0 Å². The number of benzene rings is 1. The van der Waals surface area contributed by atoms with Crippen LogP contribution in [-0.2, 0) is 4.79 Å². The second kappa shape index (κ2) is 7.20. The number of halogens is 2. The minimum atomic E-state index is 0.00703. The number of amides is 1. The fraction of sp³-hybridized carbons (Fsp3) is 0.588. The number of piperidine rings is 1. The van der Waals surface area contributed by atoms with Crippen LogP contribution in [0, 0.1) is 11.8 Å². The van der Waals surface area contributed by atoms with Gasteiger partial charge in [0.05, 0.1) is 6.54 Å². The molecule has 1 saturated carbocycles. The summed E-state index contributed by atoms with van der Waals surface area (Å²) in [7, 11) is 0. The number of rotatable bonds is 3. The lowest BCUT2D eigenvalue weighted by Crippen LogP contribution is -2.44. The van der Waals surface area contributed by atoms with Crippen LogP contribution < -0.4 is 5.32 Å². The van der Waals surface area contributed by atoms with Gasteiger partial charge in [-0.15, -0.1) is 0 Å². The third-order valence-electron chi connectivity index (χ3n) is 4.89. The monoisotopic (exact) mass is 340 g/mol. The van der Waals surface area contributed by atoms with E-state index in [4.69, 9.17) is 23.2 Å². The number of nitrogens with one attached hydrogen (secondary N) is 1. The summed E-state index contributed by atoms with van der Waals surface area (Å²) in [5.41, 5.74) is 0.662. The lowest BCUT2D eigenvalue weighted by Gasteiger charge is -2.41. The zero-order chi connectivity index (χ0) is 15.5. The van der Waals surface area contributed by atoms with E-state index < -0.39 is 0 Å². The Bertz CT molecular complexity index is 529. The summed E-state index contributed by atoms with van der Waals surface area (Å²) in [6.07, 6.45) is 6.68. The minimum Gasteiger partial charge on any atom is -0.325 e. The van der Waals surface area contributed by atoms with Gasteiger partial charge in [-0.3, -0.25) is 9.69 Å². The molecule has 5 heteroatoms. The Morgan fingerprint density at radius 3 is 2.50 bits per heavy atom. The maximum Gasteiger partial charge on any atom is 0.238 e. The molecule has 1 N–H and O–H groups in total. The van der Waals surface area contributed by atoms with E-state index in [9.17, 15) is 4.79 Å². The molecule has 2 aliphatic rings. The van der Waals surface area contributed by atoms with E-state index in [-0.39, 0.29) is 5.91 Å². The van der Waals surface area contributed by atoms with Crippen LogP contribution in [0.4, 0.5) is 5.69 Å². The smallest absolute Gasteiger partial charge is 0.238 e. The first-order valence-electron chi connectivity index (χ1n) is 8.08. The molecule has 1 saturated heterocycles. The van der Waals surface area contributed by atoms with E-state index in [1.807, 2.05) is 0 Å². The molecule has 3 rings (SSSR count). The van der Waals surface area contributed by atoms with E-state index in [1.165, 1.54) is 32.1 Å². The predicted molar refractivity (Wildman–Crippen MR) is 91.6 cm³/mol. The molecule has 0 unspecified atom stereocenters. The van der Waals surface area contributed by atoms with Crippen LogP contribution in [0.1, 0.15) is 32.1 Å². The molecule has 1 heterocycles. The van der Waals surface area contributed by atoms with Gasteiger partial charge in [-0.25, -0.2) is 0 Å². The van der Waals surface area contributed by atoms with Gasteiger partial charge in [-0.05, 0) is 49.4 Å². The van der Waals surface area contributed by atoms with Crippen molar-refractivity contribution in [3.05, 3.63) is 28.2 Å². The summed E-state index contributed by atoms with van der Waals surface area (Å²) in [4.78, 5) is 14.5. The Morgan fingerprint density at radius 2 is 1.77 bits per heavy atom. The summed E-state index contributed by atoms with van der Waals surface area (Å²) in [5.74, 6) is 1.68. The largest absolute Gasteiger partial charge is 0.325 e. The van der Waals surface area contributed by atoms with Gasteiger partial charge in [0.1, 0.15) is 0 Å². The molecule has 22 heavy (non-hydrogen) atoms. The van der Waals surface area contributed by atoms with Crippen molar-refractivity contribution in [3.8, 4) is 0 Å². The highest BCUT2D eigenvalue weighted by Gasteiger charge is 2.31. The third-order valence-corrected chi connectivity index (χ3v) is 5.33. The summed E-state index contributed by atoms with van der Waals surface area (Å²) in [6, 6.07) is 5.10. The second-order valence-corrected chi connectivity index (χ2v) is 7.41. The number of hydrogen-bond donors (Lipinski definition) is 1.